The average Bonchev–Trinajstić information content (AvgIpc) is 2.73. The summed E-state index contributed by atoms with van der Waals surface area (Å²) in [4.78, 5) is 25.5. The van der Waals surface area contributed by atoms with Crippen LogP contribution in [0.5, 0.6) is 11.5 Å². The highest BCUT2D eigenvalue weighted by atomic mass is 16.5. The van der Waals surface area contributed by atoms with Gasteiger partial charge in [-0.15, -0.1) is 0 Å². The first kappa shape index (κ1) is 23.2. The van der Waals surface area contributed by atoms with Gasteiger partial charge >= 0.3 is 0 Å². The second-order valence-corrected chi connectivity index (χ2v) is 7.28. The summed E-state index contributed by atoms with van der Waals surface area (Å²) >= 11 is 0. The van der Waals surface area contributed by atoms with Crippen LogP contribution >= 0.6 is 0 Å². The van der Waals surface area contributed by atoms with Crippen molar-refractivity contribution >= 4 is 17.5 Å². The maximum atomic E-state index is 12.3. The molecule has 7 nitrogen and oxygen atoms in total. The van der Waals surface area contributed by atoms with Gasteiger partial charge in [0.15, 0.2) is 18.0 Å². The van der Waals surface area contributed by atoms with Crippen LogP contribution in [0, 0.1) is 6.92 Å². The molecule has 0 saturated carbocycles. The largest absolute Gasteiger partial charge is 0.493 e. The summed E-state index contributed by atoms with van der Waals surface area (Å²) in [5, 5.41) is 5.55. The van der Waals surface area contributed by atoms with Crippen molar-refractivity contribution in [1.82, 2.24) is 5.32 Å². The van der Waals surface area contributed by atoms with Crippen LogP contribution in [0.2, 0.25) is 0 Å². The molecular weight excluding hydrogens is 382 g/mol. The Bertz CT molecular complexity index is 883. The number of anilines is 1. The lowest BCUT2D eigenvalue weighted by Gasteiger charge is -2.17. The number of aryl methyl sites for hydroxylation is 2. The topological polar surface area (TPSA) is 81.1 Å². The van der Waals surface area contributed by atoms with Gasteiger partial charge in [0.2, 0.25) is 5.91 Å². The van der Waals surface area contributed by atoms with E-state index < -0.39 is 0 Å². The molecule has 2 amide bonds. The molecule has 3 N–H and O–H groups in total. The van der Waals surface area contributed by atoms with Gasteiger partial charge in [-0.05, 0) is 42.7 Å². The number of likely N-dealkylation sites (N-methyl/N-ethyl adjacent to an activating group) is 1. The van der Waals surface area contributed by atoms with Gasteiger partial charge < -0.3 is 25.0 Å². The molecule has 0 aliphatic carbocycles. The number of amides is 2. The Morgan fingerprint density at radius 1 is 1.00 bits per heavy atom. The van der Waals surface area contributed by atoms with E-state index in [1.807, 2.05) is 57.3 Å². The number of hydrogen-bond acceptors (Lipinski definition) is 4. The van der Waals surface area contributed by atoms with E-state index in [0.29, 0.717) is 18.0 Å². The first-order chi connectivity index (χ1) is 14.4. The minimum atomic E-state index is -0.238. The lowest BCUT2D eigenvalue weighted by molar-refractivity contribution is -0.885. The molecule has 0 spiro atoms. The van der Waals surface area contributed by atoms with Crippen LogP contribution < -0.4 is 25.0 Å². The first-order valence-corrected chi connectivity index (χ1v) is 10.0. The highest BCUT2D eigenvalue weighted by molar-refractivity contribution is 5.95. The third-order valence-electron chi connectivity index (χ3n) is 4.92. The fourth-order valence-electron chi connectivity index (χ4n) is 3.26. The minimum absolute atomic E-state index is 0.0560. The number of methoxy groups -OCH3 is 2. The van der Waals surface area contributed by atoms with Gasteiger partial charge in [-0.2, -0.15) is 0 Å². The SMILES string of the molecule is CCc1ccccc1NC(=O)CNC(=O)C[NH+](C)Cc1cc(OC)c(OC)cc1C. The zero-order valence-electron chi connectivity index (χ0n) is 18.4. The summed E-state index contributed by atoms with van der Waals surface area (Å²) in [6.45, 7) is 4.89. The van der Waals surface area contributed by atoms with Gasteiger partial charge in [-0.1, -0.05) is 25.1 Å². The fourth-order valence-corrected chi connectivity index (χ4v) is 3.26. The molecule has 0 aliphatic heterocycles. The van der Waals surface area contributed by atoms with Crippen molar-refractivity contribution in [2.24, 2.45) is 0 Å². The Kier molecular flexibility index (Phi) is 8.68. The predicted molar refractivity (Wildman–Crippen MR) is 117 cm³/mol. The fraction of sp³-hybridized carbons (Fsp3) is 0.391. The molecule has 1 atom stereocenters. The van der Waals surface area contributed by atoms with Crippen molar-refractivity contribution in [3.05, 3.63) is 53.1 Å². The molecule has 0 aliphatic rings. The summed E-state index contributed by atoms with van der Waals surface area (Å²) in [6, 6.07) is 11.5. The Labute approximate surface area is 178 Å². The second-order valence-electron chi connectivity index (χ2n) is 7.28. The highest BCUT2D eigenvalue weighted by Gasteiger charge is 2.15. The van der Waals surface area contributed by atoms with Crippen LogP contribution in [0.1, 0.15) is 23.6 Å². The second kappa shape index (κ2) is 11.2. The number of rotatable bonds is 10. The minimum Gasteiger partial charge on any atom is -0.493 e. The maximum Gasteiger partial charge on any atom is 0.275 e. The Hall–Kier alpha value is -3.06. The maximum absolute atomic E-state index is 12.3. The van der Waals surface area contributed by atoms with Crippen LogP contribution in [0.3, 0.4) is 0 Å². The molecule has 2 aromatic rings. The molecule has 2 aromatic carbocycles. The quantitative estimate of drug-likeness (QED) is 0.548. The van der Waals surface area contributed by atoms with Crippen molar-refractivity contribution in [2.45, 2.75) is 26.8 Å². The van der Waals surface area contributed by atoms with Crippen LogP contribution in [0.4, 0.5) is 5.69 Å². The Morgan fingerprint density at radius 2 is 1.67 bits per heavy atom. The summed E-state index contributed by atoms with van der Waals surface area (Å²) in [7, 11) is 5.15. The molecule has 0 radical (unpaired) electrons. The zero-order chi connectivity index (χ0) is 22.1. The molecule has 0 fully saturated rings. The summed E-state index contributed by atoms with van der Waals surface area (Å²) in [5.41, 5.74) is 3.99. The standard InChI is InChI=1S/C23H31N3O4/c1-6-17-9-7-8-10-19(17)25-22(27)13-24-23(28)15-26(3)14-18-12-21(30-5)20(29-4)11-16(18)2/h7-12H,6,13-15H2,1-5H3,(H,24,28)(H,25,27)/p+1. The number of carbonyl (C=O) groups is 2. The molecule has 162 valence electrons. The molecule has 2 rings (SSSR count). The summed E-state index contributed by atoms with van der Waals surface area (Å²) < 4.78 is 10.7. The Balaban J connectivity index is 1.85. The van der Waals surface area contributed by atoms with E-state index in [4.69, 9.17) is 9.47 Å². The van der Waals surface area contributed by atoms with Gasteiger partial charge in [0.25, 0.3) is 5.91 Å². The number of hydrogen-bond donors (Lipinski definition) is 3. The van der Waals surface area contributed by atoms with Crippen molar-refractivity contribution in [3.8, 4) is 11.5 Å². The smallest absolute Gasteiger partial charge is 0.275 e. The van der Waals surface area contributed by atoms with E-state index in [9.17, 15) is 9.59 Å². The van der Waals surface area contributed by atoms with E-state index >= 15 is 0 Å². The monoisotopic (exact) mass is 414 g/mol. The lowest BCUT2D eigenvalue weighted by atomic mass is 10.1. The van der Waals surface area contributed by atoms with Crippen molar-refractivity contribution in [2.75, 3.05) is 39.7 Å². The van der Waals surface area contributed by atoms with Gasteiger partial charge in [0, 0.05) is 11.3 Å². The summed E-state index contributed by atoms with van der Waals surface area (Å²) in [5.74, 6) is 0.936. The highest BCUT2D eigenvalue weighted by Crippen LogP contribution is 2.29. The summed E-state index contributed by atoms with van der Waals surface area (Å²) in [6.07, 6.45) is 0.826. The third-order valence-corrected chi connectivity index (χ3v) is 4.92. The van der Waals surface area contributed by atoms with E-state index in [-0.39, 0.29) is 24.9 Å². The first-order valence-electron chi connectivity index (χ1n) is 10.0. The lowest BCUT2D eigenvalue weighted by Crippen LogP contribution is -3.09. The van der Waals surface area contributed by atoms with E-state index in [1.165, 1.54) is 0 Å². The van der Waals surface area contributed by atoms with Gasteiger partial charge in [0.05, 0.1) is 27.8 Å². The van der Waals surface area contributed by atoms with Crippen molar-refractivity contribution in [1.29, 1.82) is 0 Å². The van der Waals surface area contributed by atoms with Gasteiger partial charge in [-0.3, -0.25) is 9.59 Å². The molecule has 0 bridgehead atoms. The van der Waals surface area contributed by atoms with Crippen LogP contribution in [-0.4, -0.2) is 46.2 Å². The van der Waals surface area contributed by atoms with Gasteiger partial charge in [-0.25, -0.2) is 0 Å². The Morgan fingerprint density at radius 3 is 2.33 bits per heavy atom. The zero-order valence-corrected chi connectivity index (χ0v) is 18.4. The predicted octanol–water partition coefficient (Wildman–Crippen LogP) is 1.34. The van der Waals surface area contributed by atoms with Crippen molar-refractivity contribution < 1.29 is 24.0 Å². The van der Waals surface area contributed by atoms with Gasteiger partial charge in [0.1, 0.15) is 6.54 Å². The van der Waals surface area contributed by atoms with E-state index in [0.717, 1.165) is 33.7 Å². The van der Waals surface area contributed by atoms with E-state index in [2.05, 4.69) is 10.6 Å². The molecule has 7 heteroatoms. The number of benzene rings is 2. The molecule has 0 aromatic heterocycles. The van der Waals surface area contributed by atoms with Crippen LogP contribution in [0.25, 0.3) is 0 Å². The number of quaternary nitrogens is 1. The molecular formula is C23H32N3O4+. The third kappa shape index (κ3) is 6.49. The normalized spacial score (nSPS) is 11.5. The van der Waals surface area contributed by atoms with Crippen LogP contribution in [-0.2, 0) is 22.6 Å². The molecule has 1 unspecified atom stereocenters. The van der Waals surface area contributed by atoms with E-state index in [1.54, 1.807) is 14.2 Å². The number of carbonyl (C=O) groups excluding carboxylic acids is 2. The molecule has 30 heavy (non-hydrogen) atoms. The number of ether oxygens (including phenoxy) is 2. The average molecular weight is 415 g/mol. The van der Waals surface area contributed by atoms with Crippen molar-refractivity contribution in [3.63, 3.8) is 0 Å². The molecule has 0 saturated heterocycles. The molecule has 0 heterocycles. The van der Waals surface area contributed by atoms with Crippen LogP contribution in [0.15, 0.2) is 36.4 Å². The number of para-hydroxylation sites is 1. The number of nitrogens with one attached hydrogen (secondary N) is 3.